The van der Waals surface area contributed by atoms with Gasteiger partial charge >= 0.3 is 0 Å². The summed E-state index contributed by atoms with van der Waals surface area (Å²) in [5.41, 5.74) is 15.0. The molecule has 0 unspecified atom stereocenters. The number of furan rings is 2. The molecule has 4 heterocycles. The molecule has 0 N–H and O–H groups in total. The summed E-state index contributed by atoms with van der Waals surface area (Å²) < 4.78 is 15.6. The molecule has 9 aromatic carbocycles. The van der Waals surface area contributed by atoms with E-state index in [0.29, 0.717) is 12.3 Å². The third-order valence-corrected chi connectivity index (χ3v) is 13.1. The zero-order valence-corrected chi connectivity index (χ0v) is 35.0. The molecule has 0 spiro atoms. The van der Waals surface area contributed by atoms with E-state index in [9.17, 15) is 0 Å². The Hall–Kier alpha value is -8.28. The second-order valence-corrected chi connectivity index (χ2v) is 16.9. The fourth-order valence-electron chi connectivity index (χ4n) is 10.0. The highest BCUT2D eigenvalue weighted by atomic mass is 16.3. The normalized spacial score (nSPS) is 14.8. The van der Waals surface area contributed by atoms with Crippen molar-refractivity contribution in [3.05, 3.63) is 216 Å². The van der Waals surface area contributed by atoms with Gasteiger partial charge in [-0.05, 0) is 102 Å². The van der Waals surface area contributed by atoms with Gasteiger partial charge in [-0.1, -0.05) is 140 Å². The molecule has 0 atom stereocenters. The van der Waals surface area contributed by atoms with Crippen molar-refractivity contribution in [2.45, 2.75) is 19.8 Å². The zero-order chi connectivity index (χ0) is 42.3. The topological polar surface area (TPSA) is 55.9 Å². The van der Waals surface area contributed by atoms with Crippen molar-refractivity contribution in [2.24, 2.45) is 9.98 Å². The van der Waals surface area contributed by atoms with Crippen molar-refractivity contribution in [2.75, 3.05) is 0 Å². The summed E-state index contributed by atoms with van der Waals surface area (Å²) in [4.78, 5) is 11.3. The van der Waals surface area contributed by atoms with Crippen molar-refractivity contribution in [3.8, 4) is 16.8 Å². The molecule has 0 fully saturated rings. The summed E-state index contributed by atoms with van der Waals surface area (Å²) in [6.45, 7) is 2.22. The van der Waals surface area contributed by atoms with Gasteiger partial charge in [0.1, 0.15) is 22.3 Å². The zero-order valence-electron chi connectivity index (χ0n) is 35.0. The number of benzene rings is 9. The van der Waals surface area contributed by atoms with Crippen LogP contribution >= 0.6 is 0 Å². The summed E-state index contributed by atoms with van der Waals surface area (Å²) in [7, 11) is 0. The lowest BCUT2D eigenvalue weighted by Crippen LogP contribution is -2.11. The van der Waals surface area contributed by atoms with Gasteiger partial charge in [0.25, 0.3) is 0 Å². The highest BCUT2D eigenvalue weighted by Crippen LogP contribution is 2.43. The molecular formula is C59H39N3O2. The van der Waals surface area contributed by atoms with Gasteiger partial charge in [-0.2, -0.15) is 0 Å². The smallest absolute Gasteiger partial charge is 0.160 e. The van der Waals surface area contributed by atoms with Crippen LogP contribution in [0.15, 0.2) is 219 Å². The van der Waals surface area contributed by atoms with E-state index in [-0.39, 0.29) is 0 Å². The summed E-state index contributed by atoms with van der Waals surface area (Å²) in [6.07, 6.45) is 1.47. The molecule has 3 aromatic heterocycles. The Labute approximate surface area is 368 Å². The maximum absolute atomic E-state index is 6.81. The standard InChI is InChI=1S/C59H39N3O2/c1-36-29-30-48(44-24-14-28-54-56(44)45-22-8-11-26-52(45)63-54)60-59(41-20-13-19-38(31-41)37-15-3-2-4-16-37)61-58(36)42-34-51(57-46-23-9-12-27-53(46)64-55(57)35-42)62-49-25-10-7-21-43(49)47-32-39-17-5-6-18-40(39)33-50(47)62/h2-28,31-35H,29-30H2,1H3/b58-36+,60-48?,61-59?. The van der Waals surface area contributed by atoms with E-state index in [1.54, 1.807) is 0 Å². The third-order valence-electron chi connectivity index (χ3n) is 13.1. The number of rotatable bonds is 5. The van der Waals surface area contributed by atoms with Crippen LogP contribution in [0.4, 0.5) is 0 Å². The second kappa shape index (κ2) is 14.4. The number of nitrogens with zero attached hydrogens (tertiary/aromatic N) is 3. The van der Waals surface area contributed by atoms with Gasteiger partial charge in [0.05, 0.1) is 33.5 Å². The highest BCUT2D eigenvalue weighted by Gasteiger charge is 2.24. The largest absolute Gasteiger partial charge is 0.456 e. The lowest BCUT2D eigenvalue weighted by atomic mass is 9.94. The van der Waals surface area contributed by atoms with Crippen LogP contribution in [-0.2, 0) is 0 Å². The van der Waals surface area contributed by atoms with Gasteiger partial charge in [0.15, 0.2) is 5.84 Å². The number of aliphatic imine (C=N–C) groups is 2. The monoisotopic (exact) mass is 821 g/mol. The molecule has 1 aliphatic rings. The average Bonchev–Trinajstić information content (AvgIpc) is 4.02. The Morgan fingerprint density at radius 3 is 1.89 bits per heavy atom. The third kappa shape index (κ3) is 5.78. The molecule has 0 amide bonds. The Morgan fingerprint density at radius 1 is 0.422 bits per heavy atom. The molecule has 0 saturated carbocycles. The van der Waals surface area contributed by atoms with Gasteiger partial charge in [0.2, 0.25) is 0 Å². The van der Waals surface area contributed by atoms with Crippen LogP contribution in [0.1, 0.15) is 36.5 Å². The fourth-order valence-corrected chi connectivity index (χ4v) is 10.0. The van der Waals surface area contributed by atoms with Crippen LogP contribution in [0.25, 0.3) is 99.0 Å². The number of hydrogen-bond acceptors (Lipinski definition) is 4. The van der Waals surface area contributed by atoms with Gasteiger partial charge in [-0.15, -0.1) is 0 Å². The number of fused-ring (bicyclic) bond motifs is 10. The lowest BCUT2D eigenvalue weighted by molar-refractivity contribution is 0.668. The Bertz CT molecular complexity index is 3970. The van der Waals surface area contributed by atoms with Gasteiger partial charge in [0, 0.05) is 43.6 Å². The first-order valence-electron chi connectivity index (χ1n) is 21.9. The van der Waals surface area contributed by atoms with E-state index < -0.39 is 0 Å². The molecule has 1 aliphatic heterocycles. The van der Waals surface area contributed by atoms with Crippen LogP contribution in [0.2, 0.25) is 0 Å². The first-order valence-corrected chi connectivity index (χ1v) is 21.9. The van der Waals surface area contributed by atoms with Crippen molar-refractivity contribution in [1.29, 1.82) is 0 Å². The maximum Gasteiger partial charge on any atom is 0.160 e. The molecule has 13 rings (SSSR count). The van der Waals surface area contributed by atoms with E-state index in [1.807, 2.05) is 18.2 Å². The predicted molar refractivity (Wildman–Crippen MR) is 266 cm³/mol. The van der Waals surface area contributed by atoms with Crippen molar-refractivity contribution in [1.82, 2.24) is 4.57 Å². The Balaban J connectivity index is 1.08. The number of amidine groups is 1. The molecule has 0 radical (unpaired) electrons. The molecular weight excluding hydrogens is 783 g/mol. The minimum absolute atomic E-state index is 0.654. The molecule has 64 heavy (non-hydrogen) atoms. The Morgan fingerprint density at radius 2 is 1.06 bits per heavy atom. The summed E-state index contributed by atoms with van der Waals surface area (Å²) in [5.74, 6) is 0.654. The highest BCUT2D eigenvalue weighted by molar-refractivity contribution is 6.23. The minimum Gasteiger partial charge on any atom is -0.456 e. The van der Waals surface area contributed by atoms with E-state index in [1.165, 1.54) is 27.1 Å². The Kier molecular flexibility index (Phi) is 8.19. The SMILES string of the molecule is C/C1=C(/c2cc(-n3c4ccccc4c4cc5ccccc5cc43)c3c(c2)oc2ccccc23)N=C(c2cccc(-c3ccccc3)c2)N=C(c2cccc3oc4ccccc4c23)CC1. The summed E-state index contributed by atoms with van der Waals surface area (Å²) in [6, 6.07) is 68.6. The molecule has 0 saturated heterocycles. The van der Waals surface area contributed by atoms with Gasteiger partial charge < -0.3 is 13.4 Å². The summed E-state index contributed by atoms with van der Waals surface area (Å²) in [5, 5.41) is 9.14. The number of allylic oxidation sites excluding steroid dienone is 1. The molecule has 0 aliphatic carbocycles. The van der Waals surface area contributed by atoms with Crippen LogP contribution in [0, 0.1) is 0 Å². The van der Waals surface area contributed by atoms with Crippen LogP contribution < -0.4 is 0 Å². The van der Waals surface area contributed by atoms with Crippen LogP contribution in [0.3, 0.4) is 0 Å². The molecule has 0 bridgehead atoms. The van der Waals surface area contributed by atoms with E-state index in [4.69, 9.17) is 18.8 Å². The average molecular weight is 822 g/mol. The number of hydrogen-bond donors (Lipinski definition) is 0. The van der Waals surface area contributed by atoms with E-state index >= 15 is 0 Å². The van der Waals surface area contributed by atoms with Crippen LogP contribution in [-0.4, -0.2) is 16.1 Å². The quantitative estimate of drug-likeness (QED) is 0.174. The number of para-hydroxylation sites is 3. The van der Waals surface area contributed by atoms with E-state index in [0.717, 1.165) is 106 Å². The minimum atomic E-state index is 0.654. The van der Waals surface area contributed by atoms with Crippen LogP contribution in [0.5, 0.6) is 0 Å². The fraction of sp³-hybridized carbons (Fsp3) is 0.0508. The van der Waals surface area contributed by atoms with Gasteiger partial charge in [-0.3, -0.25) is 0 Å². The lowest BCUT2D eigenvalue weighted by Gasteiger charge is -2.18. The molecule has 5 heteroatoms. The predicted octanol–water partition coefficient (Wildman–Crippen LogP) is 15.9. The first kappa shape index (κ1) is 36.4. The van der Waals surface area contributed by atoms with Gasteiger partial charge in [-0.25, -0.2) is 9.98 Å². The maximum atomic E-state index is 6.81. The van der Waals surface area contributed by atoms with Crippen molar-refractivity contribution in [3.63, 3.8) is 0 Å². The number of aromatic nitrogens is 1. The van der Waals surface area contributed by atoms with Crippen molar-refractivity contribution >= 4 is 93.7 Å². The van der Waals surface area contributed by atoms with E-state index in [2.05, 4.69) is 187 Å². The molecule has 302 valence electrons. The molecule has 5 nitrogen and oxygen atoms in total. The summed E-state index contributed by atoms with van der Waals surface area (Å²) >= 11 is 0. The first-order chi connectivity index (χ1) is 31.6. The molecule has 12 aromatic rings. The van der Waals surface area contributed by atoms with Crippen molar-refractivity contribution < 1.29 is 8.83 Å². The second-order valence-electron chi connectivity index (χ2n) is 16.9.